The Labute approximate surface area is 248 Å². The van der Waals surface area contributed by atoms with Crippen molar-refractivity contribution in [2.45, 2.75) is 23.2 Å². The number of nitrogens with one attached hydrogen (secondary N) is 3. The lowest BCUT2D eigenvalue weighted by Gasteiger charge is -2.15. The van der Waals surface area contributed by atoms with E-state index in [4.69, 9.17) is 16.0 Å². The minimum atomic E-state index is -4.59. The highest BCUT2D eigenvalue weighted by molar-refractivity contribution is 8.00. The molecule has 0 fully saturated rings. The number of rotatable bonds is 9. The normalized spacial score (nSPS) is 12.4. The van der Waals surface area contributed by atoms with Crippen LogP contribution in [-0.4, -0.2) is 23.0 Å². The number of carbonyl (C=O) groups excluding carboxylic acids is 3. The van der Waals surface area contributed by atoms with Gasteiger partial charge in [0.15, 0.2) is 0 Å². The van der Waals surface area contributed by atoms with Crippen LogP contribution in [0.2, 0.25) is 5.02 Å². The van der Waals surface area contributed by atoms with Crippen molar-refractivity contribution in [2.75, 3.05) is 10.6 Å². The van der Waals surface area contributed by atoms with Gasteiger partial charge in [-0.1, -0.05) is 35.9 Å². The topological polar surface area (TPSA) is 100 Å². The van der Waals surface area contributed by atoms with Gasteiger partial charge in [-0.3, -0.25) is 14.4 Å². The second-order valence-corrected chi connectivity index (χ2v) is 10.6. The van der Waals surface area contributed by atoms with Gasteiger partial charge in [0.05, 0.1) is 27.8 Å². The standard InChI is InChI=1S/C30H23ClF3N3O4S/c1-18(27(38)36-25-15-20(30(32,33)34)12-13-24(25)31)42-23-11-5-9-21(16-23)35-29(40)26(17-22-10-6-14-41-22)37-28(39)19-7-3-2-4-8-19/h2-18H,1H3,(H,35,40)(H,36,38)(H,37,39)/b26-17-. The van der Waals surface area contributed by atoms with Crippen molar-refractivity contribution in [2.24, 2.45) is 0 Å². The molecule has 1 heterocycles. The number of anilines is 2. The highest BCUT2D eigenvalue weighted by atomic mass is 35.5. The maximum Gasteiger partial charge on any atom is 0.416 e. The number of halogens is 4. The van der Waals surface area contributed by atoms with Gasteiger partial charge in [0, 0.05) is 22.2 Å². The third-order valence-electron chi connectivity index (χ3n) is 5.68. The fraction of sp³-hybridized carbons (Fsp3) is 0.100. The van der Waals surface area contributed by atoms with Gasteiger partial charge in [-0.15, -0.1) is 11.8 Å². The van der Waals surface area contributed by atoms with E-state index in [1.54, 1.807) is 73.7 Å². The smallest absolute Gasteiger partial charge is 0.416 e. The van der Waals surface area contributed by atoms with E-state index >= 15 is 0 Å². The van der Waals surface area contributed by atoms with Crippen molar-refractivity contribution >= 4 is 58.5 Å². The summed E-state index contributed by atoms with van der Waals surface area (Å²) in [6, 6.07) is 20.9. The number of benzene rings is 3. The first-order chi connectivity index (χ1) is 20.0. The molecule has 3 amide bonds. The predicted octanol–water partition coefficient (Wildman–Crippen LogP) is 7.48. The van der Waals surface area contributed by atoms with Crippen LogP contribution in [0.4, 0.5) is 24.5 Å². The van der Waals surface area contributed by atoms with Crippen molar-refractivity contribution in [1.29, 1.82) is 0 Å². The molecule has 216 valence electrons. The Morgan fingerprint density at radius 2 is 1.69 bits per heavy atom. The highest BCUT2D eigenvalue weighted by Gasteiger charge is 2.31. The first kappa shape index (κ1) is 30.5. The van der Waals surface area contributed by atoms with Crippen LogP contribution >= 0.6 is 23.4 Å². The first-order valence-electron chi connectivity index (χ1n) is 12.4. The number of thioether (sulfide) groups is 1. The Hall–Kier alpha value is -4.48. The van der Waals surface area contributed by atoms with E-state index in [9.17, 15) is 27.6 Å². The van der Waals surface area contributed by atoms with Crippen LogP contribution in [0.5, 0.6) is 0 Å². The summed E-state index contributed by atoms with van der Waals surface area (Å²) in [6.45, 7) is 1.58. The van der Waals surface area contributed by atoms with Gasteiger partial charge in [0.1, 0.15) is 11.5 Å². The molecule has 1 unspecified atom stereocenters. The van der Waals surface area contributed by atoms with Gasteiger partial charge >= 0.3 is 6.18 Å². The van der Waals surface area contributed by atoms with Crippen LogP contribution in [0, 0.1) is 0 Å². The minimum absolute atomic E-state index is 0.0315. The van der Waals surface area contributed by atoms with Gasteiger partial charge in [0.2, 0.25) is 5.91 Å². The number of hydrogen-bond acceptors (Lipinski definition) is 5. The van der Waals surface area contributed by atoms with Gasteiger partial charge < -0.3 is 20.4 Å². The summed E-state index contributed by atoms with van der Waals surface area (Å²) in [7, 11) is 0. The van der Waals surface area contributed by atoms with Crippen molar-refractivity contribution in [3.05, 3.63) is 119 Å². The first-order valence-corrected chi connectivity index (χ1v) is 13.6. The van der Waals surface area contributed by atoms with Gasteiger partial charge in [-0.2, -0.15) is 13.2 Å². The van der Waals surface area contributed by atoms with Crippen LogP contribution in [0.3, 0.4) is 0 Å². The molecule has 0 radical (unpaired) electrons. The third-order valence-corrected chi connectivity index (χ3v) is 7.11. The number of amides is 3. The highest BCUT2D eigenvalue weighted by Crippen LogP contribution is 2.34. The van der Waals surface area contributed by atoms with E-state index in [0.717, 1.165) is 30.0 Å². The quantitative estimate of drug-likeness (QED) is 0.134. The summed E-state index contributed by atoms with van der Waals surface area (Å²) < 4.78 is 44.5. The molecule has 12 heteroatoms. The van der Waals surface area contributed by atoms with Crippen LogP contribution < -0.4 is 16.0 Å². The summed E-state index contributed by atoms with van der Waals surface area (Å²) in [4.78, 5) is 39.3. The molecule has 3 aromatic carbocycles. The van der Waals surface area contributed by atoms with E-state index in [1.165, 1.54) is 12.3 Å². The molecule has 1 aromatic heterocycles. The molecule has 0 bridgehead atoms. The minimum Gasteiger partial charge on any atom is -0.465 e. The molecule has 0 aliphatic rings. The summed E-state index contributed by atoms with van der Waals surface area (Å²) in [6.07, 6.45) is -1.77. The Morgan fingerprint density at radius 3 is 2.38 bits per heavy atom. The fourth-order valence-electron chi connectivity index (χ4n) is 3.59. The van der Waals surface area contributed by atoms with Crippen LogP contribution in [0.1, 0.15) is 28.6 Å². The van der Waals surface area contributed by atoms with Gasteiger partial charge in [0.25, 0.3) is 11.8 Å². The Bertz CT molecular complexity index is 1610. The molecule has 0 saturated carbocycles. The lowest BCUT2D eigenvalue weighted by Crippen LogP contribution is -2.30. The number of furan rings is 1. The van der Waals surface area contributed by atoms with Crippen molar-refractivity contribution in [3.8, 4) is 0 Å². The van der Waals surface area contributed by atoms with Crippen LogP contribution in [0.15, 0.2) is 106 Å². The van der Waals surface area contributed by atoms with Crippen LogP contribution in [0.25, 0.3) is 6.08 Å². The molecule has 1 atom stereocenters. The molecule has 42 heavy (non-hydrogen) atoms. The Morgan fingerprint density at radius 1 is 0.929 bits per heavy atom. The maximum atomic E-state index is 13.2. The largest absolute Gasteiger partial charge is 0.465 e. The zero-order chi connectivity index (χ0) is 30.3. The molecule has 0 spiro atoms. The van der Waals surface area contributed by atoms with Crippen molar-refractivity contribution in [1.82, 2.24) is 5.32 Å². The molecule has 0 aliphatic carbocycles. The van der Waals surface area contributed by atoms with Crippen molar-refractivity contribution < 1.29 is 32.0 Å². The lowest BCUT2D eigenvalue weighted by atomic mass is 10.2. The molecular weight excluding hydrogens is 591 g/mol. The average molecular weight is 614 g/mol. The SMILES string of the molecule is CC(Sc1cccc(NC(=O)/C(=C/c2ccco2)NC(=O)c2ccccc2)c1)C(=O)Nc1cc(C(F)(F)F)ccc1Cl. The average Bonchev–Trinajstić information content (AvgIpc) is 3.47. The van der Waals surface area contributed by atoms with E-state index < -0.39 is 34.7 Å². The van der Waals surface area contributed by atoms with E-state index in [-0.39, 0.29) is 16.4 Å². The van der Waals surface area contributed by atoms with Crippen molar-refractivity contribution in [3.63, 3.8) is 0 Å². The van der Waals surface area contributed by atoms with Crippen LogP contribution in [-0.2, 0) is 15.8 Å². The zero-order valence-corrected chi connectivity index (χ0v) is 23.4. The molecule has 0 saturated heterocycles. The Balaban J connectivity index is 1.45. The third kappa shape index (κ3) is 8.27. The van der Waals surface area contributed by atoms with E-state index in [2.05, 4.69) is 16.0 Å². The second kappa shape index (κ2) is 13.5. The molecular formula is C30H23ClF3N3O4S. The number of hydrogen-bond donors (Lipinski definition) is 3. The zero-order valence-electron chi connectivity index (χ0n) is 21.9. The lowest BCUT2D eigenvalue weighted by molar-refractivity contribution is -0.137. The van der Waals surface area contributed by atoms with E-state index in [0.29, 0.717) is 21.9 Å². The van der Waals surface area contributed by atoms with E-state index in [1.807, 2.05) is 0 Å². The molecule has 7 nitrogen and oxygen atoms in total. The van der Waals surface area contributed by atoms with Gasteiger partial charge in [-0.25, -0.2) is 0 Å². The molecule has 3 N–H and O–H groups in total. The Kier molecular flexibility index (Phi) is 9.76. The fourth-order valence-corrected chi connectivity index (χ4v) is 4.68. The monoisotopic (exact) mass is 613 g/mol. The summed E-state index contributed by atoms with van der Waals surface area (Å²) in [5, 5.41) is 7.00. The molecule has 0 aliphatic heterocycles. The molecule has 4 aromatic rings. The maximum absolute atomic E-state index is 13.2. The summed E-state index contributed by atoms with van der Waals surface area (Å²) in [5.41, 5.74) is -0.433. The predicted molar refractivity (Wildman–Crippen MR) is 156 cm³/mol. The van der Waals surface area contributed by atoms with Gasteiger partial charge in [-0.05, 0) is 67.6 Å². The summed E-state index contributed by atoms with van der Waals surface area (Å²) >= 11 is 7.11. The summed E-state index contributed by atoms with van der Waals surface area (Å²) in [5.74, 6) is -1.34. The second-order valence-electron chi connectivity index (χ2n) is 8.82. The number of alkyl halides is 3. The number of carbonyl (C=O) groups is 3. The molecule has 4 rings (SSSR count).